The van der Waals surface area contributed by atoms with Crippen LogP contribution in [0.15, 0.2) is 48.5 Å². The Balaban J connectivity index is 2.04. The molecule has 1 amide bonds. The second-order valence-electron chi connectivity index (χ2n) is 6.12. The minimum atomic E-state index is 0.118. The number of methoxy groups -OCH3 is 2. The third-order valence-electron chi connectivity index (χ3n) is 4.30. The molecular formula is C21H28N2O3. The predicted molar refractivity (Wildman–Crippen MR) is 103 cm³/mol. The van der Waals surface area contributed by atoms with E-state index in [4.69, 9.17) is 15.2 Å². The summed E-state index contributed by atoms with van der Waals surface area (Å²) in [5.74, 6) is 1.65. The number of carbonyl (C=O) groups excluding carboxylic acids is 1. The normalized spacial score (nSPS) is 10.4. The van der Waals surface area contributed by atoms with Gasteiger partial charge in [0.2, 0.25) is 5.91 Å². The number of rotatable bonds is 10. The Kier molecular flexibility index (Phi) is 7.96. The van der Waals surface area contributed by atoms with Gasteiger partial charge in [-0.3, -0.25) is 4.79 Å². The van der Waals surface area contributed by atoms with Crippen molar-refractivity contribution in [3.63, 3.8) is 0 Å². The smallest absolute Gasteiger partial charge is 0.223 e. The third-order valence-corrected chi connectivity index (χ3v) is 4.30. The van der Waals surface area contributed by atoms with Gasteiger partial charge in [0, 0.05) is 19.5 Å². The van der Waals surface area contributed by atoms with Crippen molar-refractivity contribution < 1.29 is 14.3 Å². The number of nitrogens with two attached hydrogens (primary N) is 1. The third kappa shape index (κ3) is 5.77. The Bertz CT molecular complexity index is 689. The summed E-state index contributed by atoms with van der Waals surface area (Å²) in [6.07, 6.45) is 1.81. The van der Waals surface area contributed by atoms with Gasteiger partial charge >= 0.3 is 0 Å². The number of hydrogen-bond acceptors (Lipinski definition) is 4. The molecule has 0 unspecified atom stereocenters. The summed E-state index contributed by atoms with van der Waals surface area (Å²) >= 11 is 0. The van der Waals surface area contributed by atoms with E-state index in [9.17, 15) is 4.79 Å². The lowest BCUT2D eigenvalue weighted by Crippen LogP contribution is -2.32. The summed E-state index contributed by atoms with van der Waals surface area (Å²) in [4.78, 5) is 14.7. The van der Waals surface area contributed by atoms with Crippen LogP contribution in [0.1, 0.15) is 24.0 Å². The van der Waals surface area contributed by atoms with Crippen LogP contribution in [0.2, 0.25) is 0 Å². The summed E-state index contributed by atoms with van der Waals surface area (Å²) in [6.45, 7) is 1.84. The van der Waals surface area contributed by atoms with Crippen LogP contribution in [0.5, 0.6) is 11.5 Å². The van der Waals surface area contributed by atoms with Crippen molar-refractivity contribution in [2.45, 2.75) is 25.8 Å². The van der Waals surface area contributed by atoms with Gasteiger partial charge in [0.25, 0.3) is 0 Å². The highest BCUT2D eigenvalue weighted by molar-refractivity contribution is 5.76. The van der Waals surface area contributed by atoms with Gasteiger partial charge in [0.15, 0.2) is 0 Å². The lowest BCUT2D eigenvalue weighted by molar-refractivity contribution is -0.131. The molecular weight excluding hydrogens is 328 g/mol. The molecule has 0 radical (unpaired) electrons. The Morgan fingerprint density at radius 2 is 1.85 bits per heavy atom. The van der Waals surface area contributed by atoms with Crippen molar-refractivity contribution >= 4 is 5.91 Å². The van der Waals surface area contributed by atoms with Crippen molar-refractivity contribution in [2.24, 2.45) is 5.73 Å². The van der Waals surface area contributed by atoms with Crippen molar-refractivity contribution in [3.8, 4) is 11.5 Å². The first-order valence-electron chi connectivity index (χ1n) is 8.90. The van der Waals surface area contributed by atoms with Crippen molar-refractivity contribution in [1.29, 1.82) is 0 Å². The molecule has 0 aliphatic heterocycles. The fourth-order valence-corrected chi connectivity index (χ4v) is 2.85. The molecule has 5 nitrogen and oxygen atoms in total. The molecule has 0 saturated carbocycles. The molecule has 26 heavy (non-hydrogen) atoms. The lowest BCUT2D eigenvalue weighted by Gasteiger charge is -2.23. The fourth-order valence-electron chi connectivity index (χ4n) is 2.85. The maximum atomic E-state index is 12.8. The van der Waals surface area contributed by atoms with Gasteiger partial charge in [-0.25, -0.2) is 0 Å². The zero-order valence-electron chi connectivity index (χ0n) is 15.6. The molecule has 0 aliphatic carbocycles. The first-order valence-corrected chi connectivity index (χ1v) is 8.90. The second-order valence-corrected chi connectivity index (χ2v) is 6.12. The molecule has 0 atom stereocenters. The lowest BCUT2D eigenvalue weighted by atomic mass is 10.1. The van der Waals surface area contributed by atoms with Gasteiger partial charge in [-0.15, -0.1) is 0 Å². The molecule has 2 aromatic carbocycles. The summed E-state index contributed by atoms with van der Waals surface area (Å²) in [5.41, 5.74) is 7.73. The van der Waals surface area contributed by atoms with Crippen LogP contribution in [0, 0.1) is 0 Å². The molecule has 0 aromatic heterocycles. The van der Waals surface area contributed by atoms with E-state index in [1.165, 1.54) is 0 Å². The Morgan fingerprint density at radius 1 is 1.08 bits per heavy atom. The maximum Gasteiger partial charge on any atom is 0.223 e. The summed E-state index contributed by atoms with van der Waals surface area (Å²) in [6, 6.07) is 15.7. The van der Waals surface area contributed by atoms with Gasteiger partial charge in [0.05, 0.1) is 14.2 Å². The van der Waals surface area contributed by atoms with Gasteiger partial charge in [-0.1, -0.05) is 30.3 Å². The van der Waals surface area contributed by atoms with E-state index in [-0.39, 0.29) is 5.91 Å². The molecule has 2 N–H and O–H groups in total. The zero-order valence-corrected chi connectivity index (χ0v) is 15.6. The number of amides is 1. The van der Waals surface area contributed by atoms with E-state index in [0.29, 0.717) is 32.5 Å². The SMILES string of the molecule is COc1ccc(OC)c(CCC(=O)N(CCCN)Cc2ccccc2)c1. The Hall–Kier alpha value is -2.53. The first kappa shape index (κ1) is 19.8. The van der Waals surface area contributed by atoms with E-state index < -0.39 is 0 Å². The fraction of sp³-hybridized carbons (Fsp3) is 0.381. The molecule has 0 spiro atoms. The van der Waals surface area contributed by atoms with Crippen LogP contribution in [0.4, 0.5) is 0 Å². The molecule has 0 heterocycles. The molecule has 140 valence electrons. The second kappa shape index (κ2) is 10.5. The number of ether oxygens (including phenoxy) is 2. The highest BCUT2D eigenvalue weighted by atomic mass is 16.5. The van der Waals surface area contributed by atoms with E-state index in [2.05, 4.69) is 0 Å². The van der Waals surface area contributed by atoms with E-state index in [0.717, 1.165) is 29.0 Å². The molecule has 2 aromatic rings. The van der Waals surface area contributed by atoms with Crippen LogP contribution < -0.4 is 15.2 Å². The van der Waals surface area contributed by atoms with Crippen molar-refractivity contribution in [2.75, 3.05) is 27.3 Å². The molecule has 5 heteroatoms. The van der Waals surface area contributed by atoms with Gasteiger partial charge in [-0.05, 0) is 48.7 Å². The van der Waals surface area contributed by atoms with E-state index in [1.54, 1.807) is 14.2 Å². The average Bonchev–Trinajstić information content (AvgIpc) is 2.69. The largest absolute Gasteiger partial charge is 0.497 e. The Labute approximate surface area is 155 Å². The van der Waals surface area contributed by atoms with E-state index in [1.807, 2.05) is 53.4 Å². The van der Waals surface area contributed by atoms with Crippen LogP contribution in [-0.2, 0) is 17.8 Å². The predicted octanol–water partition coefficient (Wildman–Crippen LogP) is 3.01. The van der Waals surface area contributed by atoms with Gasteiger partial charge in [-0.2, -0.15) is 0 Å². The molecule has 2 rings (SSSR count). The topological polar surface area (TPSA) is 64.8 Å². The summed E-state index contributed by atoms with van der Waals surface area (Å²) < 4.78 is 10.7. The van der Waals surface area contributed by atoms with Gasteiger partial charge < -0.3 is 20.1 Å². The van der Waals surface area contributed by atoms with Crippen LogP contribution in [0.25, 0.3) is 0 Å². The molecule has 0 aliphatic rings. The average molecular weight is 356 g/mol. The van der Waals surface area contributed by atoms with Crippen molar-refractivity contribution in [1.82, 2.24) is 4.90 Å². The first-order chi connectivity index (χ1) is 12.7. The van der Waals surface area contributed by atoms with Gasteiger partial charge in [0.1, 0.15) is 11.5 Å². The summed E-state index contributed by atoms with van der Waals surface area (Å²) in [5, 5.41) is 0. The standard InChI is InChI=1S/C21H28N2O3/c1-25-19-10-11-20(26-2)18(15-19)9-12-21(24)23(14-6-13-22)16-17-7-4-3-5-8-17/h3-5,7-8,10-11,15H,6,9,12-14,16,22H2,1-2H3. The summed E-state index contributed by atoms with van der Waals surface area (Å²) in [7, 11) is 3.27. The minimum Gasteiger partial charge on any atom is -0.497 e. The highest BCUT2D eigenvalue weighted by Gasteiger charge is 2.15. The molecule has 0 saturated heterocycles. The number of nitrogens with zero attached hydrogens (tertiary/aromatic N) is 1. The van der Waals surface area contributed by atoms with Crippen LogP contribution >= 0.6 is 0 Å². The molecule has 0 bridgehead atoms. The van der Waals surface area contributed by atoms with Crippen LogP contribution in [0.3, 0.4) is 0 Å². The van der Waals surface area contributed by atoms with Crippen molar-refractivity contribution in [3.05, 3.63) is 59.7 Å². The number of hydrogen-bond donors (Lipinski definition) is 1. The number of aryl methyl sites for hydroxylation is 1. The Morgan fingerprint density at radius 3 is 2.50 bits per heavy atom. The minimum absolute atomic E-state index is 0.118. The highest BCUT2D eigenvalue weighted by Crippen LogP contribution is 2.25. The number of benzene rings is 2. The van der Waals surface area contributed by atoms with Crippen LogP contribution in [-0.4, -0.2) is 38.1 Å². The maximum absolute atomic E-state index is 12.8. The zero-order chi connectivity index (χ0) is 18.8. The number of carbonyl (C=O) groups is 1. The quantitative estimate of drug-likeness (QED) is 0.711. The monoisotopic (exact) mass is 356 g/mol. The van der Waals surface area contributed by atoms with E-state index >= 15 is 0 Å². The molecule has 0 fully saturated rings.